The van der Waals surface area contributed by atoms with Crippen molar-refractivity contribution in [1.82, 2.24) is 0 Å². The zero-order valence-corrected chi connectivity index (χ0v) is 18.3. The summed E-state index contributed by atoms with van der Waals surface area (Å²) >= 11 is 0.00694. The number of hydrogen-bond donors (Lipinski definition) is 0. The van der Waals surface area contributed by atoms with Crippen molar-refractivity contribution in [2.45, 2.75) is 75.5 Å². The molecule has 2 aliphatic carbocycles. The summed E-state index contributed by atoms with van der Waals surface area (Å²) in [5, 5.41) is 24.3. The maximum atomic E-state index is 4.95. The normalized spacial score (nSPS) is 34.8. The van der Waals surface area contributed by atoms with Crippen LogP contribution in [0.1, 0.15) is 55.6 Å². The molecule has 1 aliphatic heterocycles. The molecule has 2 saturated carbocycles. The second kappa shape index (κ2) is 14.8. The molecular formula is C18H38Cl2MnN5-5. The van der Waals surface area contributed by atoms with Gasteiger partial charge < -0.3 is 26.6 Å². The van der Waals surface area contributed by atoms with Gasteiger partial charge in [-0.15, -0.1) is 0 Å². The van der Waals surface area contributed by atoms with Gasteiger partial charge in [0.25, 0.3) is 0 Å². The molecule has 0 spiro atoms. The molecule has 5 nitrogen and oxygen atoms in total. The SMILES string of the molecule is C1CCC2[N-]CC[N-]C3CCCC[C@@H]3[N-]CC[N-]CC[N-]C2C1.[Cl][Mn][Cl].[HH].[HH].[HH]. The van der Waals surface area contributed by atoms with Crippen LogP contribution in [0.2, 0.25) is 0 Å². The zero-order valence-electron chi connectivity index (χ0n) is 15.6. The monoisotopic (exact) mass is 449 g/mol. The summed E-state index contributed by atoms with van der Waals surface area (Å²) in [6.45, 7) is 5.21. The molecule has 0 aromatic rings. The molecule has 26 heavy (non-hydrogen) atoms. The van der Waals surface area contributed by atoms with Crippen molar-refractivity contribution in [3.05, 3.63) is 26.6 Å². The Morgan fingerprint density at radius 1 is 0.538 bits per heavy atom. The van der Waals surface area contributed by atoms with Crippen molar-refractivity contribution < 1.29 is 17.4 Å². The number of nitrogens with zero attached hydrogens (tertiary/aromatic N) is 5. The molecule has 0 amide bonds. The maximum absolute atomic E-state index is 4.95. The molecular weight excluding hydrogens is 412 g/mol. The first-order chi connectivity index (χ1) is 12.8. The third kappa shape index (κ3) is 8.93. The van der Waals surface area contributed by atoms with Crippen LogP contribution in [-0.4, -0.2) is 63.4 Å². The van der Waals surface area contributed by atoms with E-state index in [2.05, 4.69) is 5.32 Å². The van der Waals surface area contributed by atoms with Crippen LogP contribution in [0.15, 0.2) is 0 Å². The molecule has 8 heteroatoms. The fourth-order valence-electron chi connectivity index (χ4n) is 4.18. The van der Waals surface area contributed by atoms with E-state index >= 15 is 0 Å². The first-order valence-corrected chi connectivity index (χ1v) is 13.3. The third-order valence-electron chi connectivity index (χ3n) is 5.46. The van der Waals surface area contributed by atoms with Crippen molar-refractivity contribution in [2.24, 2.45) is 0 Å². The van der Waals surface area contributed by atoms with Gasteiger partial charge in [-0.05, 0) is 0 Å². The van der Waals surface area contributed by atoms with Crippen LogP contribution in [0.4, 0.5) is 0 Å². The van der Waals surface area contributed by atoms with Gasteiger partial charge >= 0.3 is 33.3 Å². The average molecular weight is 450 g/mol. The average Bonchev–Trinajstić information content (AvgIpc) is 2.67. The number of halogens is 2. The largest absolute Gasteiger partial charge is 0 e. The first-order valence-electron chi connectivity index (χ1n) is 10.0. The van der Waals surface area contributed by atoms with Gasteiger partial charge in [-0.25, -0.2) is 0 Å². The minimum absolute atomic E-state index is 0. The molecule has 0 bridgehead atoms. The maximum Gasteiger partial charge on any atom is 0 e. The Morgan fingerprint density at radius 3 is 1.12 bits per heavy atom. The fraction of sp³-hybridized carbons (Fsp3) is 1.00. The molecule has 0 aromatic heterocycles. The predicted octanol–water partition coefficient (Wildman–Crippen LogP) is 6.61. The summed E-state index contributed by atoms with van der Waals surface area (Å²) in [5.74, 6) is 0. The van der Waals surface area contributed by atoms with Crippen LogP contribution in [-0.2, 0) is 13.1 Å². The molecule has 0 aromatic carbocycles. The van der Waals surface area contributed by atoms with Crippen LogP contribution in [0, 0.1) is 0 Å². The summed E-state index contributed by atoms with van der Waals surface area (Å²) in [7, 11) is 9.59. The molecule has 3 rings (SSSR count). The van der Waals surface area contributed by atoms with Crippen LogP contribution in [0.3, 0.4) is 0 Å². The topological polar surface area (TPSA) is 70.5 Å². The molecule has 1 heterocycles. The van der Waals surface area contributed by atoms with Crippen LogP contribution >= 0.6 is 20.2 Å². The molecule has 0 N–H and O–H groups in total. The van der Waals surface area contributed by atoms with E-state index in [1.807, 2.05) is 0 Å². The van der Waals surface area contributed by atoms with Crippen molar-refractivity contribution in [3.63, 3.8) is 0 Å². The summed E-state index contributed by atoms with van der Waals surface area (Å²) in [6, 6.07) is 1.76. The Bertz CT molecular complexity index is 337. The Hall–Kier alpha value is 0.899. The van der Waals surface area contributed by atoms with E-state index in [0.29, 0.717) is 24.2 Å². The van der Waals surface area contributed by atoms with Gasteiger partial charge in [0.1, 0.15) is 0 Å². The Morgan fingerprint density at radius 2 is 0.808 bits per heavy atom. The summed E-state index contributed by atoms with van der Waals surface area (Å²) < 4.78 is 0. The van der Waals surface area contributed by atoms with Crippen molar-refractivity contribution >= 4 is 20.2 Å². The third-order valence-corrected chi connectivity index (χ3v) is 5.46. The predicted molar refractivity (Wildman–Crippen MR) is 116 cm³/mol. The number of hydrogen-bond acceptors (Lipinski definition) is 0. The molecule has 0 radical (unpaired) electrons. The fourth-order valence-corrected chi connectivity index (χ4v) is 4.18. The van der Waals surface area contributed by atoms with E-state index in [4.69, 9.17) is 41.5 Å². The standard InChI is InChI=1S/C18H32N5.2ClH.Mn.3H2/c1-3-7-17-15(5-1)20-11-9-19-10-12-21-16-6-2-4-8-18(16)23-14-13-22-17;;;;;;/h15-18H,1-14H2;2*1H;;3*1H/q-5;;;+2;;;/p-2/t15-,16?,17?,18?;;;;;;/m0....../s1. The van der Waals surface area contributed by atoms with Gasteiger partial charge in [-0.3, -0.25) is 0 Å². The summed E-state index contributed by atoms with van der Waals surface area (Å²) in [6.07, 6.45) is 10.1. The summed E-state index contributed by atoms with van der Waals surface area (Å²) in [5.41, 5.74) is 0. The van der Waals surface area contributed by atoms with E-state index in [9.17, 15) is 0 Å². The van der Waals surface area contributed by atoms with E-state index in [-0.39, 0.29) is 17.4 Å². The van der Waals surface area contributed by atoms with E-state index in [1.54, 1.807) is 0 Å². The minimum Gasteiger partial charge on any atom is 0 e. The number of rotatable bonds is 0. The molecule has 4 atom stereocenters. The first kappa shape index (κ1) is 23.2. The van der Waals surface area contributed by atoms with Gasteiger partial charge in [-0.2, -0.15) is 63.4 Å². The Labute approximate surface area is 178 Å². The van der Waals surface area contributed by atoms with Crippen LogP contribution < -0.4 is 0 Å². The Balaban J connectivity index is 0. The second-order valence-electron chi connectivity index (χ2n) is 7.19. The van der Waals surface area contributed by atoms with E-state index < -0.39 is 0 Å². The van der Waals surface area contributed by atoms with Gasteiger partial charge in [-0.1, -0.05) is 51.4 Å². The van der Waals surface area contributed by atoms with Gasteiger partial charge in [0.2, 0.25) is 0 Å². The Kier molecular flexibility index (Phi) is 13.2. The smallest absolute Gasteiger partial charge is 0 e. The molecule has 3 fully saturated rings. The molecule has 1 saturated heterocycles. The molecule has 161 valence electrons. The number of fused-ring (bicyclic) bond motifs is 2. The van der Waals surface area contributed by atoms with Gasteiger partial charge in [0, 0.05) is 4.28 Å². The van der Waals surface area contributed by atoms with Crippen LogP contribution in [0.25, 0.3) is 26.6 Å². The van der Waals surface area contributed by atoms with E-state index in [0.717, 1.165) is 39.3 Å². The van der Waals surface area contributed by atoms with Crippen molar-refractivity contribution in [3.8, 4) is 0 Å². The second-order valence-corrected chi connectivity index (χ2v) is 9.14. The van der Waals surface area contributed by atoms with Crippen LogP contribution in [0.5, 0.6) is 0 Å². The molecule has 3 aliphatic rings. The van der Waals surface area contributed by atoms with E-state index in [1.165, 1.54) is 51.4 Å². The van der Waals surface area contributed by atoms with Crippen molar-refractivity contribution in [1.29, 1.82) is 0 Å². The van der Waals surface area contributed by atoms with Gasteiger partial charge in [0.05, 0.1) is 0 Å². The van der Waals surface area contributed by atoms with Gasteiger partial charge in [0.15, 0.2) is 0 Å². The minimum atomic E-state index is 0. The summed E-state index contributed by atoms with van der Waals surface area (Å²) in [4.78, 5) is 0. The molecule has 3 unspecified atom stereocenters. The zero-order chi connectivity index (χ0) is 18.5. The quantitative estimate of drug-likeness (QED) is 0.373. The van der Waals surface area contributed by atoms with Crippen molar-refractivity contribution in [2.75, 3.05) is 39.3 Å².